The normalized spacial score (nSPS) is 14.0. The van der Waals surface area contributed by atoms with E-state index in [2.05, 4.69) is 21.2 Å². The average molecular weight is 451 g/mol. The predicted octanol–water partition coefficient (Wildman–Crippen LogP) is 1.87. The summed E-state index contributed by atoms with van der Waals surface area (Å²) < 4.78 is 11.0. The van der Waals surface area contributed by atoms with Gasteiger partial charge in [-0.25, -0.2) is 4.79 Å². The molecule has 148 valence electrons. The number of benzene rings is 1. The second-order valence-corrected chi connectivity index (χ2v) is 6.89. The van der Waals surface area contributed by atoms with Crippen molar-refractivity contribution in [1.29, 1.82) is 0 Å². The maximum Gasteiger partial charge on any atom is 0.337 e. The molecule has 2 aromatic rings. The molecule has 1 aromatic heterocycles. The van der Waals surface area contributed by atoms with Crippen molar-refractivity contribution in [2.75, 3.05) is 32.1 Å². The van der Waals surface area contributed by atoms with Crippen LogP contribution in [0.3, 0.4) is 0 Å². The topological polar surface area (TPSA) is 112 Å². The number of aliphatic hydroxyl groups is 2. The first-order valence-corrected chi connectivity index (χ1v) is 9.26. The SMILES string of the molecule is COC(=O)C1=C(Nc2ccc(-c3ccc(CO)o3)c(Br)c2)C(=O)N(CCO)C1. The lowest BCUT2D eigenvalue weighted by Gasteiger charge is -2.15. The van der Waals surface area contributed by atoms with Gasteiger partial charge in [0, 0.05) is 22.3 Å². The van der Waals surface area contributed by atoms with Gasteiger partial charge in [-0.2, -0.15) is 0 Å². The van der Waals surface area contributed by atoms with Crippen LogP contribution in [0.25, 0.3) is 11.3 Å². The summed E-state index contributed by atoms with van der Waals surface area (Å²) in [6.45, 7) is -0.191. The van der Waals surface area contributed by atoms with E-state index < -0.39 is 5.97 Å². The van der Waals surface area contributed by atoms with E-state index >= 15 is 0 Å². The Morgan fingerprint density at radius 2 is 2.11 bits per heavy atom. The van der Waals surface area contributed by atoms with Crippen molar-refractivity contribution >= 4 is 33.5 Å². The number of furan rings is 1. The molecular formula is C19H19BrN2O6. The van der Waals surface area contributed by atoms with Gasteiger partial charge in [0.25, 0.3) is 5.91 Å². The third-order valence-electron chi connectivity index (χ3n) is 4.27. The molecule has 0 aliphatic carbocycles. The van der Waals surface area contributed by atoms with E-state index in [9.17, 15) is 9.59 Å². The van der Waals surface area contributed by atoms with Crippen LogP contribution in [0.1, 0.15) is 5.76 Å². The summed E-state index contributed by atoms with van der Waals surface area (Å²) >= 11 is 3.48. The van der Waals surface area contributed by atoms with Crippen LogP contribution >= 0.6 is 15.9 Å². The molecule has 28 heavy (non-hydrogen) atoms. The van der Waals surface area contributed by atoms with Gasteiger partial charge in [-0.1, -0.05) is 0 Å². The zero-order valence-corrected chi connectivity index (χ0v) is 16.7. The smallest absolute Gasteiger partial charge is 0.337 e. The van der Waals surface area contributed by atoms with E-state index in [0.29, 0.717) is 21.7 Å². The molecule has 0 unspecified atom stereocenters. The molecule has 1 amide bonds. The Morgan fingerprint density at radius 1 is 1.32 bits per heavy atom. The van der Waals surface area contributed by atoms with Crippen LogP contribution < -0.4 is 5.32 Å². The molecule has 1 aliphatic heterocycles. The van der Waals surface area contributed by atoms with Crippen LogP contribution in [-0.4, -0.2) is 53.8 Å². The van der Waals surface area contributed by atoms with Crippen LogP contribution in [-0.2, 0) is 20.9 Å². The molecule has 1 aliphatic rings. The monoisotopic (exact) mass is 450 g/mol. The maximum atomic E-state index is 12.6. The maximum absolute atomic E-state index is 12.6. The van der Waals surface area contributed by atoms with Crippen LogP contribution in [0.5, 0.6) is 0 Å². The first-order chi connectivity index (χ1) is 13.5. The number of hydrogen-bond donors (Lipinski definition) is 3. The largest absolute Gasteiger partial charge is 0.466 e. The van der Waals surface area contributed by atoms with Gasteiger partial charge in [0.15, 0.2) is 0 Å². The number of halogens is 1. The molecule has 0 fully saturated rings. The molecular weight excluding hydrogens is 432 g/mol. The molecule has 0 saturated heterocycles. The third kappa shape index (κ3) is 3.96. The Hall–Kier alpha value is -2.62. The summed E-state index contributed by atoms with van der Waals surface area (Å²) in [5.41, 5.74) is 1.69. The zero-order chi connectivity index (χ0) is 20.3. The fraction of sp³-hybridized carbons (Fsp3) is 0.263. The summed E-state index contributed by atoms with van der Waals surface area (Å²) in [5.74, 6) is 0.0628. The first kappa shape index (κ1) is 20.1. The second kappa shape index (κ2) is 8.59. The molecule has 1 aromatic carbocycles. The highest BCUT2D eigenvalue weighted by Gasteiger charge is 2.34. The summed E-state index contributed by atoms with van der Waals surface area (Å²) in [6.07, 6.45) is 0. The van der Waals surface area contributed by atoms with E-state index in [1.165, 1.54) is 12.0 Å². The number of carbonyl (C=O) groups is 2. The lowest BCUT2D eigenvalue weighted by Crippen LogP contribution is -2.31. The predicted molar refractivity (Wildman–Crippen MR) is 104 cm³/mol. The Morgan fingerprint density at radius 3 is 2.71 bits per heavy atom. The van der Waals surface area contributed by atoms with Gasteiger partial charge >= 0.3 is 5.97 Å². The quantitative estimate of drug-likeness (QED) is 0.551. The van der Waals surface area contributed by atoms with Gasteiger partial charge in [0.1, 0.15) is 23.8 Å². The van der Waals surface area contributed by atoms with Crippen LogP contribution in [0, 0.1) is 0 Å². The Bertz CT molecular complexity index is 936. The van der Waals surface area contributed by atoms with Gasteiger partial charge < -0.3 is 29.6 Å². The van der Waals surface area contributed by atoms with E-state index in [1.807, 2.05) is 0 Å². The minimum atomic E-state index is -0.598. The molecule has 0 bridgehead atoms. The number of nitrogens with one attached hydrogen (secondary N) is 1. The molecule has 2 heterocycles. The Balaban J connectivity index is 1.88. The highest BCUT2D eigenvalue weighted by Crippen LogP contribution is 2.33. The Labute approximate surface area is 169 Å². The molecule has 0 spiro atoms. The lowest BCUT2D eigenvalue weighted by atomic mass is 10.1. The van der Waals surface area contributed by atoms with E-state index in [1.54, 1.807) is 30.3 Å². The van der Waals surface area contributed by atoms with E-state index in [4.69, 9.17) is 19.4 Å². The minimum absolute atomic E-state index is 0.0734. The van der Waals surface area contributed by atoms with E-state index in [0.717, 1.165) is 5.56 Å². The van der Waals surface area contributed by atoms with Crippen LogP contribution in [0.2, 0.25) is 0 Å². The third-order valence-corrected chi connectivity index (χ3v) is 4.93. The van der Waals surface area contributed by atoms with Gasteiger partial charge in [0.05, 0.1) is 25.8 Å². The fourth-order valence-corrected chi connectivity index (χ4v) is 3.47. The number of aliphatic hydroxyl groups excluding tert-OH is 2. The van der Waals surface area contributed by atoms with Crippen molar-refractivity contribution in [2.45, 2.75) is 6.61 Å². The number of nitrogens with zero attached hydrogens (tertiary/aromatic N) is 1. The van der Waals surface area contributed by atoms with Gasteiger partial charge in [0.2, 0.25) is 0 Å². The number of amides is 1. The molecule has 0 saturated carbocycles. The van der Waals surface area contributed by atoms with Gasteiger partial charge in [-0.3, -0.25) is 4.79 Å². The summed E-state index contributed by atoms with van der Waals surface area (Å²) in [4.78, 5) is 26.0. The van der Waals surface area contributed by atoms with Gasteiger partial charge in [-0.05, 0) is 46.3 Å². The number of carbonyl (C=O) groups excluding carboxylic acids is 2. The molecule has 0 radical (unpaired) electrons. The number of esters is 1. The summed E-state index contributed by atoms with van der Waals surface area (Å²) in [6, 6.07) is 8.72. The standard InChI is InChI=1S/C19H19BrN2O6/c1-27-19(26)14-9-22(6-7-23)18(25)17(14)21-11-2-4-13(15(20)8-11)16-5-3-12(10-24)28-16/h2-5,8,21,23-24H,6-7,9-10H2,1H3. The molecule has 0 atom stereocenters. The van der Waals surface area contributed by atoms with E-state index in [-0.39, 0.29) is 43.5 Å². The highest BCUT2D eigenvalue weighted by atomic mass is 79.9. The number of anilines is 1. The number of rotatable bonds is 7. The minimum Gasteiger partial charge on any atom is -0.466 e. The highest BCUT2D eigenvalue weighted by molar-refractivity contribution is 9.10. The molecule has 3 N–H and O–H groups in total. The van der Waals surface area contributed by atoms with Crippen molar-refractivity contribution in [1.82, 2.24) is 4.90 Å². The van der Waals surface area contributed by atoms with Crippen LogP contribution in [0.15, 0.2) is 50.5 Å². The van der Waals surface area contributed by atoms with Crippen LogP contribution in [0.4, 0.5) is 5.69 Å². The number of hydrogen-bond acceptors (Lipinski definition) is 7. The lowest BCUT2D eigenvalue weighted by molar-refractivity contribution is -0.136. The number of β-amino-alcohol motifs (C(OH)–C–C–N with tert-alkyl or cyclic N) is 1. The van der Waals surface area contributed by atoms with Crippen molar-refractivity contribution < 1.29 is 29.0 Å². The molecule has 3 rings (SSSR count). The van der Waals surface area contributed by atoms with Gasteiger partial charge in [-0.15, -0.1) is 0 Å². The summed E-state index contributed by atoms with van der Waals surface area (Å²) in [7, 11) is 1.25. The number of methoxy groups -OCH3 is 1. The number of ether oxygens (including phenoxy) is 1. The van der Waals surface area contributed by atoms with Crippen molar-refractivity contribution in [3.8, 4) is 11.3 Å². The Kier molecular flexibility index (Phi) is 6.18. The molecule has 9 heteroatoms. The second-order valence-electron chi connectivity index (χ2n) is 6.04. The van der Waals surface area contributed by atoms with Crippen molar-refractivity contribution in [3.05, 3.63) is 51.8 Å². The molecule has 8 nitrogen and oxygen atoms in total. The fourth-order valence-electron chi connectivity index (χ4n) is 2.89. The van der Waals surface area contributed by atoms with Crippen molar-refractivity contribution in [2.24, 2.45) is 0 Å². The average Bonchev–Trinajstić information content (AvgIpc) is 3.28. The first-order valence-electron chi connectivity index (χ1n) is 8.46. The van der Waals surface area contributed by atoms with Crippen molar-refractivity contribution in [3.63, 3.8) is 0 Å². The summed E-state index contributed by atoms with van der Waals surface area (Å²) in [5, 5.41) is 21.2. The zero-order valence-electron chi connectivity index (χ0n) is 15.1.